The number of rotatable bonds is 3. The molecular formula is C19H16F3N3O. The molecule has 4 rings (SSSR count). The van der Waals surface area contributed by atoms with Crippen LogP contribution in [0.2, 0.25) is 0 Å². The predicted molar refractivity (Wildman–Crippen MR) is 92.7 cm³/mol. The minimum absolute atomic E-state index is 0.380. The molecule has 0 aliphatic carbocycles. The quantitative estimate of drug-likeness (QED) is 0.747. The van der Waals surface area contributed by atoms with Crippen LogP contribution in [0.4, 0.5) is 19.0 Å². The summed E-state index contributed by atoms with van der Waals surface area (Å²) in [6, 6.07) is 12.7. The number of hydrogen-bond donors (Lipinski definition) is 1. The number of nitrogens with one attached hydrogen (secondary N) is 1. The highest BCUT2D eigenvalue weighted by molar-refractivity contribution is 5.73. The molecule has 0 radical (unpaired) electrons. The third-order valence-corrected chi connectivity index (χ3v) is 4.43. The standard InChI is InChI=1S/C19H16F3N3O/c1-26-15-7-5-12(6-8-15)17-16-9-10-23-18(16)25(24-17)14-4-2-3-13(11-14)19(20,21)22/h2-8,11,23H,9-10H2,1H3. The minimum Gasteiger partial charge on any atom is -0.497 e. The van der Waals surface area contributed by atoms with Gasteiger partial charge in [-0.3, -0.25) is 0 Å². The van der Waals surface area contributed by atoms with Crippen LogP contribution in [0.1, 0.15) is 11.1 Å². The van der Waals surface area contributed by atoms with Crippen molar-refractivity contribution in [2.24, 2.45) is 0 Å². The van der Waals surface area contributed by atoms with E-state index in [2.05, 4.69) is 10.4 Å². The van der Waals surface area contributed by atoms with Gasteiger partial charge in [0.05, 0.1) is 24.1 Å². The van der Waals surface area contributed by atoms with Gasteiger partial charge in [0.15, 0.2) is 0 Å². The van der Waals surface area contributed by atoms with E-state index in [1.54, 1.807) is 17.9 Å². The highest BCUT2D eigenvalue weighted by Crippen LogP contribution is 2.36. The van der Waals surface area contributed by atoms with Crippen LogP contribution in [-0.2, 0) is 12.6 Å². The average molecular weight is 359 g/mol. The first-order valence-corrected chi connectivity index (χ1v) is 8.15. The van der Waals surface area contributed by atoms with Crippen molar-refractivity contribution in [2.45, 2.75) is 12.6 Å². The number of benzene rings is 2. The first-order valence-electron chi connectivity index (χ1n) is 8.15. The zero-order chi connectivity index (χ0) is 18.3. The number of fused-ring (bicyclic) bond motifs is 1. The van der Waals surface area contributed by atoms with Crippen LogP contribution >= 0.6 is 0 Å². The van der Waals surface area contributed by atoms with Gasteiger partial charge in [-0.1, -0.05) is 6.07 Å². The van der Waals surface area contributed by atoms with Gasteiger partial charge in [-0.15, -0.1) is 0 Å². The molecule has 1 aliphatic heterocycles. The molecule has 0 amide bonds. The van der Waals surface area contributed by atoms with Crippen LogP contribution in [0, 0.1) is 0 Å². The van der Waals surface area contributed by atoms with Crippen molar-refractivity contribution in [3.05, 3.63) is 59.7 Å². The van der Waals surface area contributed by atoms with Gasteiger partial charge in [0.2, 0.25) is 0 Å². The van der Waals surface area contributed by atoms with Crippen LogP contribution in [0.5, 0.6) is 5.75 Å². The summed E-state index contributed by atoms with van der Waals surface area (Å²) in [5.74, 6) is 1.48. The summed E-state index contributed by atoms with van der Waals surface area (Å²) in [4.78, 5) is 0. The Kier molecular flexibility index (Phi) is 3.86. The maximum atomic E-state index is 13.0. The molecule has 0 fully saturated rings. The SMILES string of the molecule is COc1ccc(-c2nn(-c3cccc(C(F)(F)F)c3)c3c2CCN3)cc1. The zero-order valence-corrected chi connectivity index (χ0v) is 14.0. The van der Waals surface area contributed by atoms with Crippen LogP contribution < -0.4 is 10.1 Å². The first-order chi connectivity index (χ1) is 12.5. The Bertz CT molecular complexity index is 946. The van der Waals surface area contributed by atoms with Gasteiger partial charge >= 0.3 is 6.18 Å². The average Bonchev–Trinajstić information content (AvgIpc) is 3.24. The van der Waals surface area contributed by atoms with E-state index < -0.39 is 11.7 Å². The second-order valence-corrected chi connectivity index (χ2v) is 6.04. The lowest BCUT2D eigenvalue weighted by Gasteiger charge is -2.10. The maximum absolute atomic E-state index is 13.0. The van der Waals surface area contributed by atoms with Crippen LogP contribution in [0.3, 0.4) is 0 Å². The molecule has 134 valence electrons. The molecule has 2 aromatic carbocycles. The second-order valence-electron chi connectivity index (χ2n) is 6.04. The Morgan fingerprint density at radius 2 is 1.88 bits per heavy atom. The molecule has 3 aromatic rings. The molecule has 2 heterocycles. The highest BCUT2D eigenvalue weighted by Gasteiger charge is 2.31. The molecule has 4 nitrogen and oxygen atoms in total. The Labute approximate surface area is 148 Å². The highest BCUT2D eigenvalue weighted by atomic mass is 19.4. The van der Waals surface area contributed by atoms with Crippen molar-refractivity contribution < 1.29 is 17.9 Å². The molecule has 7 heteroatoms. The van der Waals surface area contributed by atoms with Crippen molar-refractivity contribution in [1.82, 2.24) is 9.78 Å². The third kappa shape index (κ3) is 2.79. The molecule has 1 aromatic heterocycles. The van der Waals surface area contributed by atoms with Gasteiger partial charge in [0, 0.05) is 17.7 Å². The molecule has 0 atom stereocenters. The number of alkyl halides is 3. The van der Waals surface area contributed by atoms with E-state index in [1.165, 1.54) is 6.07 Å². The van der Waals surface area contributed by atoms with E-state index in [1.807, 2.05) is 24.3 Å². The topological polar surface area (TPSA) is 39.1 Å². The molecule has 0 unspecified atom stereocenters. The summed E-state index contributed by atoms with van der Waals surface area (Å²) >= 11 is 0. The molecule has 0 saturated heterocycles. The maximum Gasteiger partial charge on any atom is 0.416 e. The van der Waals surface area contributed by atoms with Gasteiger partial charge in [0.1, 0.15) is 11.6 Å². The van der Waals surface area contributed by atoms with Gasteiger partial charge in [-0.05, 0) is 48.9 Å². The summed E-state index contributed by atoms with van der Waals surface area (Å²) in [7, 11) is 1.60. The molecule has 0 bridgehead atoms. The van der Waals surface area contributed by atoms with Crippen LogP contribution in [-0.4, -0.2) is 23.4 Å². The largest absolute Gasteiger partial charge is 0.497 e. The van der Waals surface area contributed by atoms with E-state index in [9.17, 15) is 13.2 Å². The summed E-state index contributed by atoms with van der Waals surface area (Å²) in [6.45, 7) is 0.731. The minimum atomic E-state index is -4.39. The van der Waals surface area contributed by atoms with E-state index in [-0.39, 0.29) is 0 Å². The van der Waals surface area contributed by atoms with Crippen LogP contribution in [0.15, 0.2) is 48.5 Å². The van der Waals surface area contributed by atoms with Gasteiger partial charge in [-0.25, -0.2) is 4.68 Å². The number of ether oxygens (including phenoxy) is 1. The van der Waals surface area contributed by atoms with Crippen molar-refractivity contribution in [2.75, 3.05) is 19.0 Å². The summed E-state index contributed by atoms with van der Waals surface area (Å²) in [6.07, 6.45) is -3.62. The molecule has 1 N–H and O–H groups in total. The normalized spacial score (nSPS) is 13.4. The number of anilines is 1. The lowest BCUT2D eigenvalue weighted by atomic mass is 10.1. The molecule has 0 spiro atoms. The summed E-state index contributed by atoms with van der Waals surface area (Å²) in [5, 5.41) is 7.83. The Morgan fingerprint density at radius 1 is 1.12 bits per heavy atom. The van der Waals surface area contributed by atoms with Crippen molar-refractivity contribution in [1.29, 1.82) is 0 Å². The van der Waals surface area contributed by atoms with Crippen molar-refractivity contribution in [3.63, 3.8) is 0 Å². The predicted octanol–water partition coefficient (Wildman–Crippen LogP) is 4.53. The number of halogens is 3. The fraction of sp³-hybridized carbons (Fsp3) is 0.211. The number of hydrogen-bond acceptors (Lipinski definition) is 3. The number of aromatic nitrogens is 2. The molecular weight excluding hydrogens is 343 g/mol. The van der Waals surface area contributed by atoms with E-state index in [0.717, 1.165) is 53.5 Å². The van der Waals surface area contributed by atoms with Gasteiger partial charge in [0.25, 0.3) is 0 Å². The number of nitrogens with zero attached hydrogens (tertiary/aromatic N) is 2. The Morgan fingerprint density at radius 3 is 2.58 bits per heavy atom. The zero-order valence-electron chi connectivity index (χ0n) is 14.0. The fourth-order valence-electron chi connectivity index (χ4n) is 3.16. The number of methoxy groups -OCH3 is 1. The third-order valence-electron chi connectivity index (χ3n) is 4.43. The van der Waals surface area contributed by atoms with E-state index in [0.29, 0.717) is 5.69 Å². The Balaban J connectivity index is 1.81. The monoisotopic (exact) mass is 359 g/mol. The lowest BCUT2D eigenvalue weighted by molar-refractivity contribution is -0.137. The fourth-order valence-corrected chi connectivity index (χ4v) is 3.16. The van der Waals surface area contributed by atoms with Gasteiger partial charge < -0.3 is 10.1 Å². The van der Waals surface area contributed by atoms with Gasteiger partial charge in [-0.2, -0.15) is 18.3 Å². The molecule has 1 aliphatic rings. The second kappa shape index (κ2) is 6.09. The molecule has 0 saturated carbocycles. The van der Waals surface area contributed by atoms with E-state index >= 15 is 0 Å². The first kappa shape index (κ1) is 16.5. The van der Waals surface area contributed by atoms with Crippen LogP contribution in [0.25, 0.3) is 16.9 Å². The van der Waals surface area contributed by atoms with E-state index in [4.69, 9.17) is 4.74 Å². The summed E-state index contributed by atoms with van der Waals surface area (Å²) < 4.78 is 45.9. The smallest absolute Gasteiger partial charge is 0.416 e. The Hall–Kier alpha value is -2.96. The lowest BCUT2D eigenvalue weighted by Crippen LogP contribution is -2.08. The van der Waals surface area contributed by atoms with Crippen molar-refractivity contribution in [3.8, 4) is 22.7 Å². The molecule has 26 heavy (non-hydrogen) atoms. The van der Waals surface area contributed by atoms with Crippen molar-refractivity contribution >= 4 is 5.82 Å². The summed E-state index contributed by atoms with van der Waals surface area (Å²) in [5.41, 5.74) is 2.36.